The number of hydrogen-bond donors (Lipinski definition) is 1. The van der Waals surface area contributed by atoms with E-state index in [4.69, 9.17) is 5.73 Å². The van der Waals surface area contributed by atoms with Crippen LogP contribution in [0.15, 0.2) is 36.4 Å². The molecule has 0 aromatic heterocycles. The standard InChI is InChI=1S/C14H19NSi/c1-16(2,3)12-11-14(15)10-9-13-7-5-4-6-8-13/h4-10,14H,15H2,1-3H3/b10-9+. The SMILES string of the molecule is C[Si](C)(C)C#CC(N)/C=C/c1ccccc1. The van der Waals surface area contributed by atoms with Crippen molar-refractivity contribution in [3.63, 3.8) is 0 Å². The highest BCUT2D eigenvalue weighted by molar-refractivity contribution is 6.83. The van der Waals surface area contributed by atoms with Crippen LogP contribution in [0, 0.1) is 11.5 Å². The summed E-state index contributed by atoms with van der Waals surface area (Å²) in [7, 11) is -1.30. The summed E-state index contributed by atoms with van der Waals surface area (Å²) in [4.78, 5) is 0. The summed E-state index contributed by atoms with van der Waals surface area (Å²) in [6, 6.07) is 9.97. The lowest BCUT2D eigenvalue weighted by atomic mass is 10.2. The molecule has 0 aliphatic rings. The van der Waals surface area contributed by atoms with Crippen LogP contribution in [0.5, 0.6) is 0 Å². The first-order valence-electron chi connectivity index (χ1n) is 5.49. The minimum atomic E-state index is -1.30. The highest BCUT2D eigenvalue weighted by Gasteiger charge is 2.07. The maximum absolute atomic E-state index is 5.89. The smallest absolute Gasteiger partial charge is 0.129 e. The number of hydrogen-bond acceptors (Lipinski definition) is 1. The van der Waals surface area contributed by atoms with Gasteiger partial charge in [-0.1, -0.05) is 68.0 Å². The third-order valence-corrected chi connectivity index (χ3v) is 2.80. The molecule has 0 saturated heterocycles. The first-order valence-corrected chi connectivity index (χ1v) is 8.99. The van der Waals surface area contributed by atoms with Crippen LogP contribution in [0.3, 0.4) is 0 Å². The van der Waals surface area contributed by atoms with E-state index in [1.807, 2.05) is 30.4 Å². The third-order valence-electron chi connectivity index (χ3n) is 1.91. The molecule has 84 valence electrons. The Kier molecular flexibility index (Phi) is 4.54. The molecule has 0 amide bonds. The van der Waals surface area contributed by atoms with Gasteiger partial charge in [0.05, 0.1) is 6.04 Å². The zero-order chi connectivity index (χ0) is 12.0. The Balaban J connectivity index is 2.61. The van der Waals surface area contributed by atoms with Crippen molar-refractivity contribution in [2.75, 3.05) is 0 Å². The molecule has 1 aromatic carbocycles. The van der Waals surface area contributed by atoms with Crippen LogP contribution in [-0.4, -0.2) is 14.1 Å². The molecule has 16 heavy (non-hydrogen) atoms. The second kappa shape index (κ2) is 5.69. The van der Waals surface area contributed by atoms with Crippen molar-refractivity contribution in [1.29, 1.82) is 0 Å². The average molecular weight is 229 g/mol. The third kappa shape index (κ3) is 5.55. The molecule has 0 saturated carbocycles. The van der Waals surface area contributed by atoms with Crippen molar-refractivity contribution >= 4 is 14.1 Å². The molecular weight excluding hydrogens is 210 g/mol. The highest BCUT2D eigenvalue weighted by Crippen LogP contribution is 2.01. The van der Waals surface area contributed by atoms with Gasteiger partial charge in [-0.15, -0.1) is 5.54 Å². The Bertz CT molecular complexity index is 404. The molecule has 1 atom stereocenters. The van der Waals surface area contributed by atoms with E-state index in [0.717, 1.165) is 5.56 Å². The molecule has 0 aliphatic carbocycles. The Labute approximate surface area is 99.4 Å². The Hall–Kier alpha value is -1.30. The second-order valence-corrected chi connectivity index (χ2v) is 9.56. The summed E-state index contributed by atoms with van der Waals surface area (Å²) < 4.78 is 0. The molecule has 2 heteroatoms. The van der Waals surface area contributed by atoms with Crippen molar-refractivity contribution in [1.82, 2.24) is 0 Å². The maximum Gasteiger partial charge on any atom is 0.129 e. The van der Waals surface area contributed by atoms with Crippen LogP contribution in [0.25, 0.3) is 6.08 Å². The summed E-state index contributed by atoms with van der Waals surface area (Å²) in [6.07, 6.45) is 3.96. The van der Waals surface area contributed by atoms with Gasteiger partial charge in [-0.25, -0.2) is 0 Å². The molecule has 0 radical (unpaired) electrons. The van der Waals surface area contributed by atoms with Gasteiger partial charge in [-0.2, -0.15) is 0 Å². The van der Waals surface area contributed by atoms with E-state index in [-0.39, 0.29) is 6.04 Å². The van der Waals surface area contributed by atoms with Crippen LogP contribution in [0.1, 0.15) is 5.56 Å². The zero-order valence-corrected chi connectivity index (χ0v) is 11.2. The number of benzene rings is 1. The van der Waals surface area contributed by atoms with Crippen LogP contribution in [0.2, 0.25) is 19.6 Å². The quantitative estimate of drug-likeness (QED) is 0.612. The van der Waals surface area contributed by atoms with Gasteiger partial charge in [0.15, 0.2) is 0 Å². The summed E-state index contributed by atoms with van der Waals surface area (Å²) in [5, 5.41) is 0. The van der Waals surface area contributed by atoms with Crippen LogP contribution in [-0.2, 0) is 0 Å². The molecule has 0 bridgehead atoms. The van der Waals surface area contributed by atoms with Gasteiger partial charge < -0.3 is 5.73 Å². The largest absolute Gasteiger partial charge is 0.314 e. The Morgan fingerprint density at radius 2 is 1.81 bits per heavy atom. The second-order valence-electron chi connectivity index (χ2n) is 4.81. The van der Waals surface area contributed by atoms with E-state index in [1.54, 1.807) is 0 Å². The lowest BCUT2D eigenvalue weighted by Crippen LogP contribution is -2.20. The first kappa shape index (κ1) is 12.8. The summed E-state index contributed by atoms with van der Waals surface area (Å²) in [6.45, 7) is 6.65. The van der Waals surface area contributed by atoms with Gasteiger partial charge in [0, 0.05) is 0 Å². The molecule has 0 heterocycles. The lowest BCUT2D eigenvalue weighted by Gasteiger charge is -2.04. The van der Waals surface area contributed by atoms with Crippen LogP contribution < -0.4 is 5.73 Å². The van der Waals surface area contributed by atoms with Crippen molar-refractivity contribution in [2.24, 2.45) is 5.73 Å². The molecule has 1 unspecified atom stereocenters. The van der Waals surface area contributed by atoms with Crippen molar-refractivity contribution < 1.29 is 0 Å². The predicted octanol–water partition coefficient (Wildman–Crippen LogP) is 2.91. The fourth-order valence-electron chi connectivity index (χ4n) is 1.13. The molecule has 0 aliphatic heterocycles. The van der Waals surface area contributed by atoms with Crippen LogP contribution >= 0.6 is 0 Å². The van der Waals surface area contributed by atoms with Gasteiger partial charge in [-0.05, 0) is 5.56 Å². The summed E-state index contributed by atoms with van der Waals surface area (Å²) >= 11 is 0. The average Bonchev–Trinajstić information content (AvgIpc) is 2.24. The lowest BCUT2D eigenvalue weighted by molar-refractivity contribution is 1.07. The van der Waals surface area contributed by atoms with E-state index < -0.39 is 8.07 Å². The van der Waals surface area contributed by atoms with Gasteiger partial charge in [-0.3, -0.25) is 0 Å². The topological polar surface area (TPSA) is 26.0 Å². The number of rotatable bonds is 2. The van der Waals surface area contributed by atoms with E-state index in [1.165, 1.54) is 0 Å². The summed E-state index contributed by atoms with van der Waals surface area (Å²) in [5.74, 6) is 3.10. The van der Waals surface area contributed by atoms with Gasteiger partial charge in [0.25, 0.3) is 0 Å². The molecular formula is C14H19NSi. The molecule has 1 aromatic rings. The minimum Gasteiger partial charge on any atom is -0.314 e. The molecule has 2 N–H and O–H groups in total. The Morgan fingerprint density at radius 1 is 1.19 bits per heavy atom. The monoisotopic (exact) mass is 229 g/mol. The van der Waals surface area contributed by atoms with Crippen molar-refractivity contribution in [3.8, 4) is 11.5 Å². The van der Waals surface area contributed by atoms with E-state index in [0.29, 0.717) is 0 Å². The van der Waals surface area contributed by atoms with Gasteiger partial charge in [0.2, 0.25) is 0 Å². The van der Waals surface area contributed by atoms with Crippen molar-refractivity contribution in [2.45, 2.75) is 25.7 Å². The van der Waals surface area contributed by atoms with E-state index in [9.17, 15) is 0 Å². The van der Waals surface area contributed by atoms with E-state index in [2.05, 4.69) is 43.2 Å². The first-order chi connectivity index (χ1) is 7.47. The van der Waals surface area contributed by atoms with Crippen molar-refractivity contribution in [3.05, 3.63) is 42.0 Å². The van der Waals surface area contributed by atoms with E-state index >= 15 is 0 Å². The minimum absolute atomic E-state index is 0.160. The highest BCUT2D eigenvalue weighted by atomic mass is 28.3. The molecule has 1 nitrogen and oxygen atoms in total. The van der Waals surface area contributed by atoms with Gasteiger partial charge in [0.1, 0.15) is 8.07 Å². The zero-order valence-electron chi connectivity index (χ0n) is 10.2. The van der Waals surface area contributed by atoms with Crippen LogP contribution in [0.4, 0.5) is 0 Å². The Morgan fingerprint density at radius 3 is 2.38 bits per heavy atom. The van der Waals surface area contributed by atoms with Gasteiger partial charge >= 0.3 is 0 Å². The fraction of sp³-hybridized carbons (Fsp3) is 0.286. The fourth-order valence-corrected chi connectivity index (χ4v) is 1.73. The molecule has 0 fully saturated rings. The predicted molar refractivity (Wildman–Crippen MR) is 74.6 cm³/mol. The normalized spacial score (nSPS) is 13.2. The molecule has 1 rings (SSSR count). The number of nitrogens with two attached hydrogens (primary N) is 1. The maximum atomic E-state index is 5.89. The molecule has 0 spiro atoms. The summed E-state index contributed by atoms with van der Waals surface area (Å²) in [5.41, 5.74) is 10.3.